The van der Waals surface area contributed by atoms with E-state index in [4.69, 9.17) is 4.52 Å². The molecule has 0 amide bonds. The second kappa shape index (κ2) is 4.88. The third-order valence-electron chi connectivity index (χ3n) is 0.879. The molecule has 9 heavy (non-hydrogen) atoms. The second-order valence-corrected chi connectivity index (χ2v) is 1.67. The van der Waals surface area contributed by atoms with Crippen LogP contribution in [0.15, 0.2) is 30.3 Å². The molecule has 1 rings (SSSR count). The molecule has 0 heterocycles. The predicted molar refractivity (Wildman–Crippen MR) is 42.5 cm³/mol. The Bertz CT molecular complexity index is 154. The summed E-state index contributed by atoms with van der Waals surface area (Å²) in [5.74, 6) is 0.873. The van der Waals surface area contributed by atoms with Gasteiger partial charge in [0, 0.05) is 18.9 Å². The normalized spacial score (nSPS) is 7.67. The standard InChI is InChI=1S/C6H7OP.Li/c8-7-6-4-2-1-3-5-6;/h1-5H,8H2;. The van der Waals surface area contributed by atoms with E-state index in [-0.39, 0.29) is 18.9 Å². The van der Waals surface area contributed by atoms with Gasteiger partial charge in [0.2, 0.25) is 0 Å². The number of hydrogen-bond acceptors (Lipinski definition) is 1. The van der Waals surface area contributed by atoms with Crippen LogP contribution in [-0.4, -0.2) is 18.9 Å². The van der Waals surface area contributed by atoms with E-state index in [1.54, 1.807) is 0 Å². The maximum Gasteiger partial charge on any atom is 0.122 e. The molecule has 1 atom stereocenters. The molecule has 0 aliphatic heterocycles. The molecule has 0 N–H and O–H groups in total. The van der Waals surface area contributed by atoms with Gasteiger partial charge < -0.3 is 4.52 Å². The molecule has 1 radical (unpaired) electrons. The van der Waals surface area contributed by atoms with Gasteiger partial charge in [-0.25, -0.2) is 0 Å². The molecule has 1 unspecified atom stereocenters. The quantitative estimate of drug-likeness (QED) is 0.416. The molecule has 3 heteroatoms. The van der Waals surface area contributed by atoms with E-state index in [9.17, 15) is 0 Å². The first-order valence-corrected chi connectivity index (χ1v) is 2.82. The zero-order chi connectivity index (χ0) is 5.82. The minimum atomic E-state index is 0. The number of benzene rings is 1. The van der Waals surface area contributed by atoms with Gasteiger partial charge in [-0.2, -0.15) is 0 Å². The van der Waals surface area contributed by atoms with E-state index in [2.05, 4.69) is 9.47 Å². The molecule has 0 aliphatic carbocycles. The fourth-order valence-electron chi connectivity index (χ4n) is 0.499. The van der Waals surface area contributed by atoms with Crippen LogP contribution in [0.5, 0.6) is 5.75 Å². The van der Waals surface area contributed by atoms with Crippen molar-refractivity contribution in [3.8, 4) is 5.75 Å². The molecule has 1 nitrogen and oxygen atoms in total. The van der Waals surface area contributed by atoms with Gasteiger partial charge in [0.1, 0.15) is 5.75 Å². The van der Waals surface area contributed by atoms with Crippen molar-refractivity contribution in [2.45, 2.75) is 0 Å². The van der Waals surface area contributed by atoms with Crippen molar-refractivity contribution in [2.24, 2.45) is 0 Å². The molecule has 0 fully saturated rings. The Morgan fingerprint density at radius 3 is 2.00 bits per heavy atom. The maximum absolute atomic E-state index is 4.83. The molecule has 43 valence electrons. The van der Waals surface area contributed by atoms with E-state index in [0.717, 1.165) is 5.75 Å². The van der Waals surface area contributed by atoms with Gasteiger partial charge in [-0.15, -0.1) is 0 Å². The summed E-state index contributed by atoms with van der Waals surface area (Å²) in [4.78, 5) is 0. The summed E-state index contributed by atoms with van der Waals surface area (Å²) in [6.45, 7) is 0. The van der Waals surface area contributed by atoms with Crippen molar-refractivity contribution in [2.75, 3.05) is 0 Å². The second-order valence-electron chi connectivity index (χ2n) is 1.43. The van der Waals surface area contributed by atoms with Gasteiger partial charge in [-0.1, -0.05) is 18.2 Å². The van der Waals surface area contributed by atoms with Gasteiger partial charge in [-0.3, -0.25) is 0 Å². The predicted octanol–water partition coefficient (Wildman–Crippen LogP) is 1.47. The number of hydrogen-bond donors (Lipinski definition) is 0. The molecular formula is C6H7LiOP. The van der Waals surface area contributed by atoms with Crippen molar-refractivity contribution < 1.29 is 4.52 Å². The van der Waals surface area contributed by atoms with Crippen LogP contribution in [0.1, 0.15) is 0 Å². The number of rotatable bonds is 1. The Morgan fingerprint density at radius 1 is 1.11 bits per heavy atom. The first kappa shape index (κ1) is 9.05. The molecular weight excluding hydrogens is 126 g/mol. The molecule has 0 saturated carbocycles. The van der Waals surface area contributed by atoms with Crippen LogP contribution in [0, 0.1) is 0 Å². The van der Waals surface area contributed by atoms with Gasteiger partial charge in [0.25, 0.3) is 0 Å². The third-order valence-corrected chi connectivity index (χ3v) is 1.15. The van der Waals surface area contributed by atoms with E-state index in [1.807, 2.05) is 30.3 Å². The number of para-hydroxylation sites is 1. The van der Waals surface area contributed by atoms with Gasteiger partial charge >= 0.3 is 0 Å². The summed E-state index contributed by atoms with van der Waals surface area (Å²) in [5.41, 5.74) is 0. The van der Waals surface area contributed by atoms with Crippen LogP contribution in [-0.2, 0) is 0 Å². The topological polar surface area (TPSA) is 9.23 Å². The largest absolute Gasteiger partial charge is 0.480 e. The van der Waals surface area contributed by atoms with Gasteiger partial charge in [-0.05, 0) is 12.1 Å². The zero-order valence-corrected chi connectivity index (χ0v) is 6.53. The van der Waals surface area contributed by atoms with Crippen molar-refractivity contribution >= 4 is 28.3 Å². The van der Waals surface area contributed by atoms with Crippen LogP contribution < -0.4 is 4.52 Å². The van der Waals surface area contributed by atoms with Crippen molar-refractivity contribution in [3.05, 3.63) is 30.3 Å². The SMILES string of the molecule is POc1ccccc1.[Li]. The fraction of sp³-hybridized carbons (Fsp3) is 0. The van der Waals surface area contributed by atoms with Crippen LogP contribution >= 0.6 is 9.47 Å². The van der Waals surface area contributed by atoms with Gasteiger partial charge in [0.15, 0.2) is 0 Å². The summed E-state index contributed by atoms with van der Waals surface area (Å²) in [5, 5.41) is 0. The van der Waals surface area contributed by atoms with Crippen molar-refractivity contribution in [1.82, 2.24) is 0 Å². The van der Waals surface area contributed by atoms with Crippen molar-refractivity contribution in [1.29, 1.82) is 0 Å². The summed E-state index contributed by atoms with van der Waals surface area (Å²) < 4.78 is 4.83. The average molecular weight is 133 g/mol. The van der Waals surface area contributed by atoms with E-state index in [1.165, 1.54) is 0 Å². The molecule has 0 aliphatic rings. The van der Waals surface area contributed by atoms with Crippen LogP contribution in [0.4, 0.5) is 0 Å². The van der Waals surface area contributed by atoms with Crippen LogP contribution in [0.25, 0.3) is 0 Å². The average Bonchev–Trinajstić information content (AvgIpc) is 1.90. The molecule has 1 aromatic carbocycles. The summed E-state index contributed by atoms with van der Waals surface area (Å²) >= 11 is 0. The Morgan fingerprint density at radius 2 is 1.67 bits per heavy atom. The van der Waals surface area contributed by atoms with Crippen LogP contribution in [0.3, 0.4) is 0 Å². The summed E-state index contributed by atoms with van der Waals surface area (Å²) in [6, 6.07) is 9.60. The first-order chi connectivity index (χ1) is 3.93. The van der Waals surface area contributed by atoms with Crippen molar-refractivity contribution in [3.63, 3.8) is 0 Å². The Balaban J connectivity index is 0.000000640. The molecule has 0 saturated heterocycles. The van der Waals surface area contributed by atoms with Crippen LogP contribution in [0.2, 0.25) is 0 Å². The molecule has 1 aromatic rings. The van der Waals surface area contributed by atoms with Gasteiger partial charge in [0.05, 0.1) is 9.47 Å². The Kier molecular flexibility index (Phi) is 4.91. The molecule has 0 spiro atoms. The maximum atomic E-state index is 4.83. The third kappa shape index (κ3) is 2.92. The molecule has 0 bridgehead atoms. The Labute approximate surface area is 69.3 Å². The Hall–Kier alpha value is 0.0474. The summed E-state index contributed by atoms with van der Waals surface area (Å²) in [7, 11) is 2.19. The first-order valence-electron chi connectivity index (χ1n) is 2.35. The van der Waals surface area contributed by atoms with E-state index in [0.29, 0.717) is 0 Å². The van der Waals surface area contributed by atoms with E-state index < -0.39 is 0 Å². The zero-order valence-electron chi connectivity index (χ0n) is 5.37. The van der Waals surface area contributed by atoms with E-state index >= 15 is 0 Å². The summed E-state index contributed by atoms with van der Waals surface area (Å²) in [6.07, 6.45) is 0. The fourth-order valence-corrected chi connectivity index (χ4v) is 0.656. The monoisotopic (exact) mass is 133 g/mol. The smallest absolute Gasteiger partial charge is 0.122 e. The minimum absolute atomic E-state index is 0. The molecule has 0 aromatic heterocycles. The minimum Gasteiger partial charge on any atom is -0.480 e.